The quantitative estimate of drug-likeness (QED) is 0.498. The number of hydrogen-bond acceptors (Lipinski definition) is 6. The average molecular weight is 416 g/mol. The fraction of sp³-hybridized carbons (Fsp3) is 0.304. The summed E-state index contributed by atoms with van der Waals surface area (Å²) in [6.45, 7) is 3.15. The molecule has 31 heavy (non-hydrogen) atoms. The maximum atomic E-state index is 12.8. The average Bonchev–Trinajstić information content (AvgIpc) is 3.57. The number of fused-ring (bicyclic) bond motifs is 1. The van der Waals surface area contributed by atoms with E-state index in [9.17, 15) is 4.79 Å². The molecular formula is C23H24N6O2. The van der Waals surface area contributed by atoms with Crippen LogP contribution in [-0.2, 0) is 6.54 Å². The number of nitrogens with zero attached hydrogens (tertiary/aromatic N) is 5. The van der Waals surface area contributed by atoms with Crippen LogP contribution in [0.15, 0.2) is 65.9 Å². The number of pyridine rings is 2. The van der Waals surface area contributed by atoms with Gasteiger partial charge in [-0.3, -0.25) is 14.7 Å². The molecule has 1 amide bonds. The molecule has 0 spiro atoms. The molecule has 0 radical (unpaired) electrons. The molecule has 4 aromatic rings. The van der Waals surface area contributed by atoms with E-state index in [2.05, 4.69) is 25.2 Å². The van der Waals surface area contributed by atoms with E-state index < -0.39 is 0 Å². The van der Waals surface area contributed by atoms with Crippen molar-refractivity contribution in [2.45, 2.75) is 25.4 Å². The minimum atomic E-state index is -0.160. The maximum absolute atomic E-state index is 12.8. The predicted octanol–water partition coefficient (Wildman–Crippen LogP) is 3.03. The zero-order valence-electron chi connectivity index (χ0n) is 17.1. The highest BCUT2D eigenvalue weighted by Gasteiger charge is 2.26. The third-order valence-electron chi connectivity index (χ3n) is 5.70. The number of carbonyl (C=O) groups is 1. The number of imidazole rings is 1. The standard InChI is InChI=1S/C23H24N6O2/c30-23(26-14-20(21-6-4-10-31-21)28-8-1-2-9-28)18-11-19-22(25-13-18)29(16-27-19)15-17-5-3-7-24-12-17/h3-7,10-13,16,20H,1-2,8-9,14-15H2,(H,26,30). The van der Waals surface area contributed by atoms with E-state index in [0.29, 0.717) is 24.2 Å². The van der Waals surface area contributed by atoms with Crippen LogP contribution in [0.2, 0.25) is 0 Å². The molecule has 1 saturated heterocycles. The lowest BCUT2D eigenvalue weighted by molar-refractivity contribution is 0.0933. The topological polar surface area (TPSA) is 89.1 Å². The minimum absolute atomic E-state index is 0.0387. The molecule has 5 rings (SSSR count). The van der Waals surface area contributed by atoms with Crippen molar-refractivity contribution in [1.82, 2.24) is 29.7 Å². The van der Waals surface area contributed by atoms with E-state index in [4.69, 9.17) is 4.42 Å². The Bertz CT molecular complexity index is 1150. The fourth-order valence-electron chi connectivity index (χ4n) is 4.11. The summed E-state index contributed by atoms with van der Waals surface area (Å²) in [5, 5.41) is 3.05. The summed E-state index contributed by atoms with van der Waals surface area (Å²) in [5.41, 5.74) is 3.00. The van der Waals surface area contributed by atoms with E-state index in [1.54, 1.807) is 31.1 Å². The van der Waals surface area contributed by atoms with Gasteiger partial charge >= 0.3 is 0 Å². The Hall–Kier alpha value is -3.52. The van der Waals surface area contributed by atoms with Gasteiger partial charge in [0.1, 0.15) is 11.3 Å². The number of aromatic nitrogens is 4. The van der Waals surface area contributed by atoms with Gasteiger partial charge in [-0.25, -0.2) is 9.97 Å². The SMILES string of the molecule is O=C(NCC(c1ccco1)N1CCCC1)c1cnc2c(c1)ncn2Cc1cccnc1. The highest BCUT2D eigenvalue weighted by Crippen LogP contribution is 2.25. The van der Waals surface area contributed by atoms with Gasteiger partial charge in [-0.05, 0) is 55.8 Å². The van der Waals surface area contributed by atoms with Crippen molar-refractivity contribution >= 4 is 17.1 Å². The first kappa shape index (κ1) is 19.4. The summed E-state index contributed by atoms with van der Waals surface area (Å²) >= 11 is 0. The first-order chi connectivity index (χ1) is 15.3. The number of furan rings is 1. The Morgan fingerprint density at radius 3 is 2.84 bits per heavy atom. The van der Waals surface area contributed by atoms with Gasteiger partial charge in [0.15, 0.2) is 5.65 Å². The molecule has 5 heterocycles. The van der Waals surface area contributed by atoms with Gasteiger partial charge in [0, 0.05) is 25.1 Å². The van der Waals surface area contributed by atoms with Crippen LogP contribution in [0, 0.1) is 0 Å². The normalized spacial score (nSPS) is 15.4. The summed E-state index contributed by atoms with van der Waals surface area (Å²) in [7, 11) is 0. The highest BCUT2D eigenvalue weighted by atomic mass is 16.3. The van der Waals surface area contributed by atoms with Crippen LogP contribution in [0.4, 0.5) is 0 Å². The third kappa shape index (κ3) is 4.20. The van der Waals surface area contributed by atoms with Crippen LogP contribution in [0.5, 0.6) is 0 Å². The molecule has 0 aliphatic carbocycles. The second-order valence-electron chi connectivity index (χ2n) is 7.78. The van der Waals surface area contributed by atoms with Gasteiger partial charge in [0.2, 0.25) is 0 Å². The Morgan fingerprint density at radius 1 is 1.16 bits per heavy atom. The van der Waals surface area contributed by atoms with E-state index >= 15 is 0 Å². The molecule has 158 valence electrons. The molecule has 1 N–H and O–H groups in total. The number of nitrogens with one attached hydrogen (secondary N) is 1. The zero-order chi connectivity index (χ0) is 21.0. The van der Waals surface area contributed by atoms with Crippen molar-refractivity contribution in [3.05, 3.63) is 78.4 Å². The predicted molar refractivity (Wildman–Crippen MR) is 115 cm³/mol. The number of hydrogen-bond donors (Lipinski definition) is 1. The summed E-state index contributed by atoms with van der Waals surface area (Å²) < 4.78 is 7.59. The molecule has 4 aromatic heterocycles. The van der Waals surface area contributed by atoms with Crippen molar-refractivity contribution < 1.29 is 9.21 Å². The molecule has 1 unspecified atom stereocenters. The smallest absolute Gasteiger partial charge is 0.252 e. The van der Waals surface area contributed by atoms with Crippen LogP contribution < -0.4 is 5.32 Å². The van der Waals surface area contributed by atoms with Crippen LogP contribution in [-0.4, -0.2) is 50.0 Å². The molecule has 1 fully saturated rings. The van der Waals surface area contributed by atoms with E-state index in [0.717, 1.165) is 30.1 Å². The molecule has 0 saturated carbocycles. The largest absolute Gasteiger partial charge is 0.468 e. The molecule has 8 nitrogen and oxygen atoms in total. The van der Waals surface area contributed by atoms with Gasteiger partial charge in [-0.15, -0.1) is 0 Å². The van der Waals surface area contributed by atoms with Gasteiger partial charge in [0.05, 0.1) is 30.7 Å². The summed E-state index contributed by atoms with van der Waals surface area (Å²) in [5.74, 6) is 0.719. The Balaban J connectivity index is 1.29. The van der Waals surface area contributed by atoms with Gasteiger partial charge in [-0.1, -0.05) is 6.07 Å². The van der Waals surface area contributed by atoms with Crippen molar-refractivity contribution in [3.8, 4) is 0 Å². The minimum Gasteiger partial charge on any atom is -0.468 e. The van der Waals surface area contributed by atoms with Crippen molar-refractivity contribution in [2.24, 2.45) is 0 Å². The lowest BCUT2D eigenvalue weighted by Crippen LogP contribution is -2.36. The molecule has 1 atom stereocenters. The van der Waals surface area contributed by atoms with Crippen LogP contribution >= 0.6 is 0 Å². The maximum Gasteiger partial charge on any atom is 0.252 e. The van der Waals surface area contributed by atoms with Crippen molar-refractivity contribution in [3.63, 3.8) is 0 Å². The molecule has 0 bridgehead atoms. The number of carbonyl (C=O) groups excluding carboxylic acids is 1. The molecule has 1 aliphatic heterocycles. The Kier molecular flexibility index (Phi) is 5.45. The molecule has 1 aliphatic rings. The summed E-state index contributed by atoms with van der Waals surface area (Å²) in [6, 6.07) is 9.60. The lowest BCUT2D eigenvalue weighted by atomic mass is 10.2. The zero-order valence-corrected chi connectivity index (χ0v) is 17.1. The first-order valence-corrected chi connectivity index (χ1v) is 10.5. The molecule has 0 aromatic carbocycles. The first-order valence-electron chi connectivity index (χ1n) is 10.5. The fourth-order valence-corrected chi connectivity index (χ4v) is 4.11. The van der Waals surface area contributed by atoms with Gasteiger partial charge in [-0.2, -0.15) is 0 Å². The highest BCUT2D eigenvalue weighted by molar-refractivity contribution is 5.96. The third-order valence-corrected chi connectivity index (χ3v) is 5.70. The number of rotatable bonds is 7. The molecule has 8 heteroatoms. The van der Waals surface area contributed by atoms with Crippen molar-refractivity contribution in [2.75, 3.05) is 19.6 Å². The second kappa shape index (κ2) is 8.69. The number of amides is 1. The van der Waals surface area contributed by atoms with Crippen LogP contribution in [0.1, 0.15) is 40.6 Å². The van der Waals surface area contributed by atoms with Gasteiger partial charge in [0.25, 0.3) is 5.91 Å². The van der Waals surface area contributed by atoms with E-state index in [1.165, 1.54) is 12.8 Å². The van der Waals surface area contributed by atoms with E-state index in [-0.39, 0.29) is 11.9 Å². The van der Waals surface area contributed by atoms with Crippen molar-refractivity contribution in [1.29, 1.82) is 0 Å². The number of likely N-dealkylation sites (tertiary alicyclic amines) is 1. The second-order valence-corrected chi connectivity index (χ2v) is 7.78. The summed E-state index contributed by atoms with van der Waals surface area (Å²) in [6.07, 6.45) is 11.0. The monoisotopic (exact) mass is 416 g/mol. The van der Waals surface area contributed by atoms with Crippen LogP contribution in [0.3, 0.4) is 0 Å². The van der Waals surface area contributed by atoms with E-state index in [1.807, 2.05) is 35.0 Å². The van der Waals surface area contributed by atoms with Gasteiger partial charge < -0.3 is 14.3 Å². The Morgan fingerprint density at radius 2 is 2.06 bits per heavy atom. The summed E-state index contributed by atoms with van der Waals surface area (Å²) in [4.78, 5) is 28.3. The Labute approximate surface area is 179 Å². The lowest BCUT2D eigenvalue weighted by Gasteiger charge is -2.26. The molecular weight excluding hydrogens is 392 g/mol. The van der Waals surface area contributed by atoms with Crippen LogP contribution in [0.25, 0.3) is 11.2 Å².